The molecule has 0 bridgehead atoms. The monoisotopic (exact) mass is 368 g/mol. The fourth-order valence-corrected chi connectivity index (χ4v) is 3.30. The van der Waals surface area contributed by atoms with Crippen LogP contribution in [0.1, 0.15) is 15.9 Å². The van der Waals surface area contributed by atoms with Gasteiger partial charge in [-0.15, -0.1) is 0 Å². The molecule has 0 saturated heterocycles. The molecule has 2 aromatic carbocycles. The Hall–Kier alpha value is -2.65. The molecule has 0 heterocycles. The molecule has 0 amide bonds. The number of benzene rings is 2. The standard InChI is InChI=1S/C16H16FNO6S/c1-24-13-4-2-3-10(15(13)19)7-8-18-25(22,23)14-9-11(16(20)21)5-6-12(14)17/h2-6,9,18-19H,7-8H2,1H3,(H,20,21)/p-1. The number of halogens is 1. The molecule has 134 valence electrons. The summed E-state index contributed by atoms with van der Waals surface area (Å²) in [6.45, 7) is -0.141. The van der Waals surface area contributed by atoms with Gasteiger partial charge in [0.25, 0.3) is 0 Å². The summed E-state index contributed by atoms with van der Waals surface area (Å²) in [7, 11) is -2.89. The summed E-state index contributed by atoms with van der Waals surface area (Å²) in [5.41, 5.74) is -0.0155. The van der Waals surface area contributed by atoms with Crippen LogP contribution in [0, 0.1) is 5.82 Å². The summed E-state index contributed by atoms with van der Waals surface area (Å²) < 4.78 is 45.2. The summed E-state index contributed by atoms with van der Waals surface area (Å²) in [5.74, 6) is -2.57. The van der Waals surface area contributed by atoms with Gasteiger partial charge < -0.3 is 19.7 Å². The maximum absolute atomic E-state index is 13.8. The van der Waals surface area contributed by atoms with Crippen molar-refractivity contribution >= 4 is 16.0 Å². The Balaban J connectivity index is 2.15. The van der Waals surface area contributed by atoms with Gasteiger partial charge in [-0.2, -0.15) is 0 Å². The van der Waals surface area contributed by atoms with E-state index in [0.717, 1.165) is 12.1 Å². The molecule has 0 atom stereocenters. The molecule has 9 heteroatoms. The normalized spacial score (nSPS) is 11.3. The van der Waals surface area contributed by atoms with E-state index in [2.05, 4.69) is 4.72 Å². The minimum Gasteiger partial charge on any atom is -0.545 e. The zero-order valence-corrected chi connectivity index (χ0v) is 14.0. The highest BCUT2D eigenvalue weighted by atomic mass is 32.2. The van der Waals surface area contributed by atoms with E-state index in [1.807, 2.05) is 0 Å². The predicted molar refractivity (Wildman–Crippen MR) is 84.3 cm³/mol. The smallest absolute Gasteiger partial charge is 0.243 e. The summed E-state index contributed by atoms with van der Waals surface area (Å²) in [4.78, 5) is 10.0. The quantitative estimate of drug-likeness (QED) is 0.732. The second-order valence-electron chi connectivity index (χ2n) is 5.05. The van der Waals surface area contributed by atoms with Gasteiger partial charge in [0.1, 0.15) is 10.7 Å². The van der Waals surface area contributed by atoms with E-state index in [1.165, 1.54) is 7.11 Å². The van der Waals surface area contributed by atoms with Crippen molar-refractivity contribution in [3.8, 4) is 11.5 Å². The van der Waals surface area contributed by atoms with Crippen molar-refractivity contribution in [1.82, 2.24) is 4.72 Å². The molecule has 2 aromatic rings. The van der Waals surface area contributed by atoms with Crippen LogP contribution in [0.3, 0.4) is 0 Å². The molecular formula is C16H15FNO6S-. The van der Waals surface area contributed by atoms with Crippen molar-refractivity contribution in [3.63, 3.8) is 0 Å². The Bertz CT molecular complexity index is 897. The second-order valence-corrected chi connectivity index (χ2v) is 6.78. The molecule has 0 aromatic heterocycles. The third kappa shape index (κ3) is 4.25. The van der Waals surface area contributed by atoms with Crippen LogP contribution in [0.25, 0.3) is 0 Å². The molecule has 0 radical (unpaired) electrons. The van der Waals surface area contributed by atoms with E-state index < -0.39 is 32.3 Å². The lowest BCUT2D eigenvalue weighted by Crippen LogP contribution is -2.28. The number of ether oxygens (including phenoxy) is 1. The van der Waals surface area contributed by atoms with Crippen LogP contribution in [-0.4, -0.2) is 33.1 Å². The molecule has 2 rings (SSSR count). The average molecular weight is 368 g/mol. The lowest BCUT2D eigenvalue weighted by Gasteiger charge is -2.11. The maximum Gasteiger partial charge on any atom is 0.243 e. The van der Waals surface area contributed by atoms with Gasteiger partial charge in [0.05, 0.1) is 13.1 Å². The molecule has 0 aliphatic heterocycles. The van der Waals surface area contributed by atoms with Gasteiger partial charge in [0.2, 0.25) is 10.0 Å². The number of rotatable bonds is 7. The number of phenols is 1. The van der Waals surface area contributed by atoms with E-state index in [0.29, 0.717) is 11.6 Å². The molecule has 7 nitrogen and oxygen atoms in total. The van der Waals surface area contributed by atoms with E-state index in [4.69, 9.17) is 4.74 Å². The van der Waals surface area contributed by atoms with Crippen molar-refractivity contribution in [3.05, 3.63) is 53.3 Å². The number of sulfonamides is 1. The fraction of sp³-hybridized carbons (Fsp3) is 0.188. The molecule has 2 N–H and O–H groups in total. The first-order valence-corrected chi connectivity index (χ1v) is 8.60. The number of aromatic carboxylic acids is 1. The Morgan fingerprint density at radius 1 is 1.32 bits per heavy atom. The first-order chi connectivity index (χ1) is 11.8. The first-order valence-electron chi connectivity index (χ1n) is 7.11. The first kappa shape index (κ1) is 18.7. The van der Waals surface area contributed by atoms with Crippen molar-refractivity contribution in [2.75, 3.05) is 13.7 Å². The largest absolute Gasteiger partial charge is 0.545 e. The lowest BCUT2D eigenvalue weighted by atomic mass is 10.1. The number of phenolic OH excluding ortho intramolecular Hbond substituents is 1. The van der Waals surface area contributed by atoms with Crippen LogP contribution < -0.4 is 14.6 Å². The fourth-order valence-electron chi connectivity index (χ4n) is 2.17. The van der Waals surface area contributed by atoms with E-state index in [9.17, 15) is 27.8 Å². The summed E-state index contributed by atoms with van der Waals surface area (Å²) in [6.07, 6.45) is 0.115. The van der Waals surface area contributed by atoms with Crippen LogP contribution in [0.15, 0.2) is 41.3 Å². The topological polar surface area (TPSA) is 116 Å². The highest BCUT2D eigenvalue weighted by molar-refractivity contribution is 7.89. The Morgan fingerprint density at radius 3 is 2.68 bits per heavy atom. The summed E-state index contributed by atoms with van der Waals surface area (Å²) in [5, 5.41) is 20.7. The van der Waals surface area contributed by atoms with Crippen molar-refractivity contribution in [2.24, 2.45) is 0 Å². The van der Waals surface area contributed by atoms with Gasteiger partial charge >= 0.3 is 0 Å². The number of carbonyl (C=O) groups excluding carboxylic acids is 1. The van der Waals surface area contributed by atoms with E-state index >= 15 is 0 Å². The Kier molecular flexibility index (Phi) is 5.60. The predicted octanol–water partition coefficient (Wildman–Crippen LogP) is 0.424. The van der Waals surface area contributed by atoms with Crippen LogP contribution in [0.4, 0.5) is 4.39 Å². The molecule has 0 saturated carbocycles. The minimum absolute atomic E-state index is 0.115. The molecule has 0 fully saturated rings. The minimum atomic E-state index is -4.27. The van der Waals surface area contributed by atoms with Crippen molar-refractivity contribution in [2.45, 2.75) is 11.3 Å². The lowest BCUT2D eigenvalue weighted by molar-refractivity contribution is -0.255. The number of carboxylic acid groups (broad SMARTS) is 1. The van der Waals surface area contributed by atoms with E-state index in [1.54, 1.807) is 18.2 Å². The third-order valence-corrected chi connectivity index (χ3v) is 4.92. The summed E-state index contributed by atoms with van der Waals surface area (Å²) >= 11 is 0. The number of methoxy groups -OCH3 is 1. The molecule has 0 aliphatic carbocycles. The number of hydrogen-bond acceptors (Lipinski definition) is 6. The van der Waals surface area contributed by atoms with Gasteiger partial charge in [-0.25, -0.2) is 17.5 Å². The highest BCUT2D eigenvalue weighted by Gasteiger charge is 2.20. The van der Waals surface area contributed by atoms with Crippen molar-refractivity contribution < 1.29 is 32.6 Å². The second kappa shape index (κ2) is 7.49. The number of carboxylic acids is 1. The SMILES string of the molecule is COc1cccc(CCNS(=O)(=O)c2cc(C(=O)[O-])ccc2F)c1O. The zero-order valence-electron chi connectivity index (χ0n) is 13.2. The van der Waals surface area contributed by atoms with Gasteiger partial charge in [-0.3, -0.25) is 0 Å². The molecule has 25 heavy (non-hydrogen) atoms. The van der Waals surface area contributed by atoms with Gasteiger partial charge in [0.15, 0.2) is 11.5 Å². The van der Waals surface area contributed by atoms with Crippen LogP contribution in [0.2, 0.25) is 0 Å². The van der Waals surface area contributed by atoms with Gasteiger partial charge in [-0.05, 0) is 35.7 Å². The van der Waals surface area contributed by atoms with E-state index in [-0.39, 0.29) is 24.5 Å². The molecule has 0 aliphatic rings. The molecular weight excluding hydrogens is 353 g/mol. The van der Waals surface area contributed by atoms with Crippen molar-refractivity contribution in [1.29, 1.82) is 0 Å². The molecule has 0 spiro atoms. The number of nitrogens with one attached hydrogen (secondary N) is 1. The number of para-hydroxylation sites is 1. The maximum atomic E-state index is 13.8. The molecule has 0 unspecified atom stereocenters. The van der Waals surface area contributed by atoms with Crippen LogP contribution in [0.5, 0.6) is 11.5 Å². The zero-order chi connectivity index (χ0) is 18.6. The number of hydrogen-bond donors (Lipinski definition) is 2. The average Bonchev–Trinajstić information content (AvgIpc) is 2.56. The van der Waals surface area contributed by atoms with Gasteiger partial charge in [-0.1, -0.05) is 18.2 Å². The Morgan fingerprint density at radius 2 is 2.04 bits per heavy atom. The highest BCUT2D eigenvalue weighted by Crippen LogP contribution is 2.29. The van der Waals surface area contributed by atoms with Gasteiger partial charge in [0, 0.05) is 6.54 Å². The van der Waals surface area contributed by atoms with Crippen LogP contribution >= 0.6 is 0 Å². The Labute approximate surface area is 143 Å². The number of carbonyl (C=O) groups is 1. The summed E-state index contributed by atoms with van der Waals surface area (Å²) in [6, 6.07) is 7.11. The number of aromatic hydroxyl groups is 1. The third-order valence-electron chi connectivity index (χ3n) is 3.45. The van der Waals surface area contributed by atoms with Crippen LogP contribution in [-0.2, 0) is 16.4 Å².